The number of aromatic amines is 1. The second kappa shape index (κ2) is 6.94. The Labute approximate surface area is 157 Å². The van der Waals surface area contributed by atoms with Crippen LogP contribution in [0.25, 0.3) is 16.9 Å². The second-order valence-corrected chi connectivity index (χ2v) is 7.34. The number of H-pyrrole nitrogens is 1. The van der Waals surface area contributed by atoms with Crippen LogP contribution in [0.5, 0.6) is 0 Å². The van der Waals surface area contributed by atoms with Gasteiger partial charge in [0.15, 0.2) is 11.5 Å². The number of nitrogens with one attached hydrogen (secondary N) is 1. The van der Waals surface area contributed by atoms with E-state index in [0.29, 0.717) is 12.0 Å². The van der Waals surface area contributed by atoms with Crippen LogP contribution in [0.3, 0.4) is 0 Å². The molecule has 8 heteroatoms. The van der Waals surface area contributed by atoms with Gasteiger partial charge in [-0.05, 0) is 31.4 Å². The quantitative estimate of drug-likeness (QED) is 0.764. The number of aromatic nitrogens is 5. The Bertz CT molecular complexity index is 916. The number of nitrogens with zero attached hydrogens (tertiary/aromatic N) is 5. The van der Waals surface area contributed by atoms with E-state index in [2.05, 4.69) is 33.2 Å². The zero-order valence-corrected chi connectivity index (χ0v) is 15.5. The van der Waals surface area contributed by atoms with Gasteiger partial charge in [0.25, 0.3) is 0 Å². The molecule has 0 amide bonds. The summed E-state index contributed by atoms with van der Waals surface area (Å²) in [5, 5.41) is 12.7. The molecule has 3 aromatic heterocycles. The van der Waals surface area contributed by atoms with Gasteiger partial charge in [-0.3, -0.25) is 5.10 Å². The summed E-state index contributed by atoms with van der Waals surface area (Å²) >= 11 is 0. The normalized spacial score (nSPS) is 23.8. The first-order valence-electron chi connectivity index (χ1n) is 9.62. The maximum absolute atomic E-state index is 5.77. The SMILES string of the molecule is C[C@@H]1COCCN1c1cc([C@H]2CCCOC2)c2cnn(-c3ccn[nH]3)c2n1. The fourth-order valence-electron chi connectivity index (χ4n) is 4.09. The molecule has 3 aromatic rings. The summed E-state index contributed by atoms with van der Waals surface area (Å²) in [4.78, 5) is 7.34. The average Bonchev–Trinajstić information content (AvgIpc) is 3.38. The van der Waals surface area contributed by atoms with E-state index in [4.69, 9.17) is 14.5 Å². The van der Waals surface area contributed by atoms with E-state index in [0.717, 1.165) is 68.5 Å². The molecule has 2 aliphatic heterocycles. The molecule has 2 saturated heterocycles. The number of ether oxygens (including phenoxy) is 2. The van der Waals surface area contributed by atoms with Crippen molar-refractivity contribution < 1.29 is 9.47 Å². The lowest BCUT2D eigenvalue weighted by Crippen LogP contribution is -2.44. The highest BCUT2D eigenvalue weighted by atomic mass is 16.5. The largest absolute Gasteiger partial charge is 0.381 e. The zero-order chi connectivity index (χ0) is 18.2. The first-order chi connectivity index (χ1) is 13.3. The van der Waals surface area contributed by atoms with Gasteiger partial charge >= 0.3 is 0 Å². The topological polar surface area (TPSA) is 81.1 Å². The Balaban J connectivity index is 1.67. The van der Waals surface area contributed by atoms with E-state index >= 15 is 0 Å². The molecule has 0 aliphatic carbocycles. The summed E-state index contributed by atoms with van der Waals surface area (Å²) < 4.78 is 13.2. The highest BCUT2D eigenvalue weighted by Crippen LogP contribution is 2.34. The van der Waals surface area contributed by atoms with Crippen LogP contribution in [0, 0.1) is 0 Å². The van der Waals surface area contributed by atoms with Crippen LogP contribution in [0.15, 0.2) is 24.5 Å². The van der Waals surface area contributed by atoms with Crippen molar-refractivity contribution >= 4 is 16.9 Å². The number of hydrogen-bond donors (Lipinski definition) is 1. The molecule has 142 valence electrons. The van der Waals surface area contributed by atoms with Crippen molar-refractivity contribution in [3.05, 3.63) is 30.1 Å². The first-order valence-corrected chi connectivity index (χ1v) is 9.62. The molecule has 0 saturated carbocycles. The Morgan fingerprint density at radius 2 is 2.15 bits per heavy atom. The van der Waals surface area contributed by atoms with Gasteiger partial charge in [-0.25, -0.2) is 4.98 Å². The molecule has 1 N–H and O–H groups in total. The van der Waals surface area contributed by atoms with E-state index in [1.807, 2.05) is 16.9 Å². The van der Waals surface area contributed by atoms with Gasteiger partial charge in [-0.15, -0.1) is 0 Å². The summed E-state index contributed by atoms with van der Waals surface area (Å²) in [5.41, 5.74) is 2.13. The predicted molar refractivity (Wildman–Crippen MR) is 101 cm³/mol. The summed E-state index contributed by atoms with van der Waals surface area (Å²) in [5.74, 6) is 2.18. The molecule has 27 heavy (non-hydrogen) atoms. The molecule has 0 bridgehead atoms. The molecule has 2 atom stereocenters. The van der Waals surface area contributed by atoms with Crippen LogP contribution >= 0.6 is 0 Å². The minimum atomic E-state index is 0.294. The monoisotopic (exact) mass is 368 g/mol. The van der Waals surface area contributed by atoms with Gasteiger partial charge in [0.1, 0.15) is 5.82 Å². The number of morpholine rings is 1. The molecule has 0 spiro atoms. The smallest absolute Gasteiger partial charge is 0.167 e. The first kappa shape index (κ1) is 16.7. The van der Waals surface area contributed by atoms with Crippen LogP contribution in [0.2, 0.25) is 0 Å². The van der Waals surface area contributed by atoms with Crippen LogP contribution in [0.1, 0.15) is 31.2 Å². The van der Waals surface area contributed by atoms with Crippen molar-refractivity contribution in [3.8, 4) is 5.82 Å². The van der Waals surface area contributed by atoms with Crippen LogP contribution in [0.4, 0.5) is 5.82 Å². The number of fused-ring (bicyclic) bond motifs is 1. The molecule has 0 unspecified atom stereocenters. The van der Waals surface area contributed by atoms with Gasteiger partial charge in [0.05, 0.1) is 38.3 Å². The summed E-state index contributed by atoms with van der Waals surface area (Å²) in [6.45, 7) is 6.09. The van der Waals surface area contributed by atoms with Gasteiger partial charge in [-0.2, -0.15) is 14.9 Å². The van der Waals surface area contributed by atoms with Crippen LogP contribution < -0.4 is 4.90 Å². The summed E-state index contributed by atoms with van der Waals surface area (Å²) in [6, 6.07) is 4.44. The molecule has 0 radical (unpaired) electrons. The lowest BCUT2D eigenvalue weighted by Gasteiger charge is -2.35. The van der Waals surface area contributed by atoms with Gasteiger partial charge in [0, 0.05) is 30.5 Å². The molecule has 2 aliphatic rings. The third kappa shape index (κ3) is 2.98. The lowest BCUT2D eigenvalue weighted by molar-refractivity contribution is 0.0807. The molecule has 5 heterocycles. The summed E-state index contributed by atoms with van der Waals surface area (Å²) in [6.07, 6.45) is 5.87. The zero-order valence-electron chi connectivity index (χ0n) is 15.5. The minimum absolute atomic E-state index is 0.294. The van der Waals surface area contributed by atoms with Crippen molar-refractivity contribution in [2.24, 2.45) is 0 Å². The molecule has 0 aromatic carbocycles. The average molecular weight is 368 g/mol. The maximum atomic E-state index is 5.77. The predicted octanol–water partition coefficient (Wildman–Crippen LogP) is 2.26. The number of pyridine rings is 1. The Kier molecular flexibility index (Phi) is 4.29. The number of hydrogen-bond acceptors (Lipinski definition) is 6. The second-order valence-electron chi connectivity index (χ2n) is 7.34. The van der Waals surface area contributed by atoms with Crippen molar-refractivity contribution in [2.75, 3.05) is 37.9 Å². The highest BCUT2D eigenvalue weighted by Gasteiger charge is 2.26. The molecule has 5 rings (SSSR count). The number of rotatable bonds is 3. The fraction of sp³-hybridized carbons (Fsp3) is 0.526. The standard InChI is InChI=1S/C19H24N6O2/c1-13-11-27-8-6-24(13)18-9-15(14-3-2-7-26-12-14)16-10-21-25(19(16)22-18)17-4-5-20-23-17/h4-5,9-10,13-14H,2-3,6-8,11-12H2,1H3,(H,20,23)/t13-,14+/m1/s1. The minimum Gasteiger partial charge on any atom is -0.381 e. The Morgan fingerprint density at radius 3 is 2.93 bits per heavy atom. The third-order valence-corrected chi connectivity index (χ3v) is 5.54. The number of anilines is 1. The third-order valence-electron chi connectivity index (χ3n) is 5.54. The van der Waals surface area contributed by atoms with E-state index in [9.17, 15) is 0 Å². The van der Waals surface area contributed by atoms with Crippen LogP contribution in [-0.4, -0.2) is 64.0 Å². The van der Waals surface area contributed by atoms with E-state index in [1.165, 1.54) is 5.56 Å². The Hall–Kier alpha value is -2.45. The molecule has 8 nitrogen and oxygen atoms in total. The van der Waals surface area contributed by atoms with E-state index in [-0.39, 0.29) is 0 Å². The maximum Gasteiger partial charge on any atom is 0.167 e. The van der Waals surface area contributed by atoms with Crippen molar-refractivity contribution in [1.29, 1.82) is 0 Å². The van der Waals surface area contributed by atoms with Crippen molar-refractivity contribution in [2.45, 2.75) is 31.7 Å². The van der Waals surface area contributed by atoms with E-state index < -0.39 is 0 Å². The molecule has 2 fully saturated rings. The highest BCUT2D eigenvalue weighted by molar-refractivity contribution is 5.83. The van der Waals surface area contributed by atoms with Gasteiger partial charge in [0.2, 0.25) is 0 Å². The van der Waals surface area contributed by atoms with Gasteiger partial charge in [-0.1, -0.05) is 0 Å². The lowest BCUT2D eigenvalue weighted by atomic mass is 9.92. The van der Waals surface area contributed by atoms with E-state index in [1.54, 1.807) is 6.20 Å². The van der Waals surface area contributed by atoms with Crippen molar-refractivity contribution in [3.63, 3.8) is 0 Å². The molecular formula is C19H24N6O2. The van der Waals surface area contributed by atoms with Crippen molar-refractivity contribution in [1.82, 2.24) is 25.0 Å². The van der Waals surface area contributed by atoms with Gasteiger partial charge < -0.3 is 14.4 Å². The molecular weight excluding hydrogens is 344 g/mol. The Morgan fingerprint density at radius 1 is 1.22 bits per heavy atom. The van der Waals surface area contributed by atoms with Crippen LogP contribution in [-0.2, 0) is 9.47 Å². The fourth-order valence-corrected chi connectivity index (χ4v) is 4.09. The summed E-state index contributed by atoms with van der Waals surface area (Å²) in [7, 11) is 0.